The van der Waals surface area contributed by atoms with Crippen LogP contribution in [0.3, 0.4) is 0 Å². The second-order valence-electron chi connectivity index (χ2n) is 8.12. The maximum Gasteiger partial charge on any atom is 0.0205 e. The van der Waals surface area contributed by atoms with Crippen LogP contribution in [-0.4, -0.2) is 13.1 Å². The molecular formula is C24H34N2. The van der Waals surface area contributed by atoms with Gasteiger partial charge in [0.15, 0.2) is 0 Å². The largest absolute Gasteiger partial charge is 0.312 e. The molecule has 140 valence electrons. The Balaban J connectivity index is 1.27. The van der Waals surface area contributed by atoms with Gasteiger partial charge in [0.1, 0.15) is 0 Å². The van der Waals surface area contributed by atoms with Crippen LogP contribution in [0.5, 0.6) is 0 Å². The highest BCUT2D eigenvalue weighted by atomic mass is 14.9. The zero-order chi connectivity index (χ0) is 18.2. The Morgan fingerprint density at radius 1 is 0.615 bits per heavy atom. The van der Waals surface area contributed by atoms with Crippen LogP contribution in [-0.2, 0) is 13.1 Å². The lowest BCUT2D eigenvalue weighted by Gasteiger charge is -2.29. The standard InChI is InChI=1S/C24H34N2/c1-19-3-7-21(8-4-19)15-25-17-23-11-13-24(14-12-23)18-26-16-22-9-5-20(2)6-10-22/h3-10,23-26H,11-18H2,1-2H3. The molecule has 1 fully saturated rings. The monoisotopic (exact) mass is 350 g/mol. The Bertz CT molecular complexity index is 577. The first-order valence-corrected chi connectivity index (χ1v) is 10.2. The summed E-state index contributed by atoms with van der Waals surface area (Å²) in [5.41, 5.74) is 5.46. The first kappa shape index (κ1) is 19.1. The second kappa shape index (κ2) is 9.89. The summed E-state index contributed by atoms with van der Waals surface area (Å²) in [6.45, 7) is 8.61. The molecule has 0 atom stereocenters. The molecule has 0 spiro atoms. The summed E-state index contributed by atoms with van der Waals surface area (Å²) in [6, 6.07) is 17.7. The third-order valence-corrected chi connectivity index (χ3v) is 5.73. The van der Waals surface area contributed by atoms with E-state index in [1.165, 1.54) is 47.9 Å². The summed E-state index contributed by atoms with van der Waals surface area (Å²) >= 11 is 0. The van der Waals surface area contributed by atoms with Crippen LogP contribution in [0.4, 0.5) is 0 Å². The lowest BCUT2D eigenvalue weighted by molar-refractivity contribution is 0.261. The first-order chi connectivity index (χ1) is 12.7. The fourth-order valence-corrected chi connectivity index (χ4v) is 3.89. The smallest absolute Gasteiger partial charge is 0.0205 e. The Hall–Kier alpha value is -1.64. The van der Waals surface area contributed by atoms with Gasteiger partial charge in [-0.05, 0) is 75.6 Å². The van der Waals surface area contributed by atoms with Gasteiger partial charge in [-0.1, -0.05) is 59.7 Å². The highest BCUT2D eigenvalue weighted by molar-refractivity contribution is 5.21. The van der Waals surface area contributed by atoms with E-state index in [1.54, 1.807) is 0 Å². The molecule has 0 radical (unpaired) electrons. The van der Waals surface area contributed by atoms with E-state index in [9.17, 15) is 0 Å². The SMILES string of the molecule is Cc1ccc(CNCC2CCC(CNCc3ccc(C)cc3)CC2)cc1. The lowest BCUT2D eigenvalue weighted by Crippen LogP contribution is -2.30. The predicted octanol–water partition coefficient (Wildman–Crippen LogP) is 4.99. The van der Waals surface area contributed by atoms with Crippen molar-refractivity contribution in [1.82, 2.24) is 10.6 Å². The minimum Gasteiger partial charge on any atom is -0.312 e. The van der Waals surface area contributed by atoms with E-state index in [-0.39, 0.29) is 0 Å². The van der Waals surface area contributed by atoms with E-state index in [0.717, 1.165) is 38.0 Å². The van der Waals surface area contributed by atoms with E-state index in [4.69, 9.17) is 0 Å². The summed E-state index contributed by atoms with van der Waals surface area (Å²) in [5, 5.41) is 7.32. The average molecular weight is 351 g/mol. The number of hydrogen-bond donors (Lipinski definition) is 2. The van der Waals surface area contributed by atoms with E-state index in [2.05, 4.69) is 73.0 Å². The maximum atomic E-state index is 3.66. The molecule has 2 heteroatoms. The van der Waals surface area contributed by atoms with Crippen LogP contribution in [0.1, 0.15) is 47.9 Å². The summed E-state index contributed by atoms with van der Waals surface area (Å²) in [6.07, 6.45) is 5.49. The zero-order valence-corrected chi connectivity index (χ0v) is 16.4. The third kappa shape index (κ3) is 6.26. The van der Waals surface area contributed by atoms with Gasteiger partial charge < -0.3 is 10.6 Å². The van der Waals surface area contributed by atoms with E-state index in [0.29, 0.717) is 0 Å². The minimum absolute atomic E-state index is 0.855. The molecule has 0 saturated heterocycles. The average Bonchev–Trinajstić information content (AvgIpc) is 2.66. The van der Waals surface area contributed by atoms with Crippen molar-refractivity contribution >= 4 is 0 Å². The molecule has 0 unspecified atom stereocenters. The summed E-state index contributed by atoms with van der Waals surface area (Å²) < 4.78 is 0. The minimum atomic E-state index is 0.855. The molecule has 1 aliphatic rings. The summed E-state index contributed by atoms with van der Waals surface area (Å²) in [4.78, 5) is 0. The van der Waals surface area contributed by atoms with E-state index >= 15 is 0 Å². The molecule has 1 aliphatic carbocycles. The molecule has 26 heavy (non-hydrogen) atoms. The molecule has 0 bridgehead atoms. The number of aryl methyl sites for hydroxylation is 2. The van der Waals surface area contributed by atoms with Gasteiger partial charge in [0.05, 0.1) is 0 Å². The molecule has 2 aromatic carbocycles. The van der Waals surface area contributed by atoms with Crippen LogP contribution in [0, 0.1) is 25.7 Å². The fraction of sp³-hybridized carbons (Fsp3) is 0.500. The fourth-order valence-electron chi connectivity index (χ4n) is 3.89. The predicted molar refractivity (Wildman–Crippen MR) is 111 cm³/mol. The second-order valence-corrected chi connectivity index (χ2v) is 8.12. The van der Waals surface area contributed by atoms with E-state index < -0.39 is 0 Å². The summed E-state index contributed by atoms with van der Waals surface area (Å²) in [5.74, 6) is 1.71. The van der Waals surface area contributed by atoms with Gasteiger partial charge in [-0.2, -0.15) is 0 Å². The van der Waals surface area contributed by atoms with Crippen LogP contribution >= 0.6 is 0 Å². The van der Waals surface area contributed by atoms with Crippen molar-refractivity contribution in [2.45, 2.75) is 52.6 Å². The Morgan fingerprint density at radius 3 is 1.31 bits per heavy atom. The quantitative estimate of drug-likeness (QED) is 0.701. The van der Waals surface area contributed by atoms with Crippen molar-refractivity contribution in [3.05, 3.63) is 70.8 Å². The molecule has 2 nitrogen and oxygen atoms in total. The molecule has 1 saturated carbocycles. The van der Waals surface area contributed by atoms with Crippen LogP contribution < -0.4 is 10.6 Å². The van der Waals surface area contributed by atoms with Gasteiger partial charge in [0.25, 0.3) is 0 Å². The van der Waals surface area contributed by atoms with Crippen molar-refractivity contribution in [2.75, 3.05) is 13.1 Å². The lowest BCUT2D eigenvalue weighted by atomic mass is 9.82. The van der Waals surface area contributed by atoms with Gasteiger partial charge in [0, 0.05) is 13.1 Å². The summed E-state index contributed by atoms with van der Waals surface area (Å²) in [7, 11) is 0. The first-order valence-electron chi connectivity index (χ1n) is 10.2. The van der Waals surface area contributed by atoms with E-state index in [1.807, 2.05) is 0 Å². The van der Waals surface area contributed by atoms with Gasteiger partial charge in [-0.15, -0.1) is 0 Å². The van der Waals surface area contributed by atoms with Crippen LogP contribution in [0.25, 0.3) is 0 Å². The Morgan fingerprint density at radius 2 is 0.962 bits per heavy atom. The van der Waals surface area contributed by atoms with Crippen LogP contribution in [0.2, 0.25) is 0 Å². The molecule has 2 N–H and O–H groups in total. The van der Waals surface area contributed by atoms with Crippen LogP contribution in [0.15, 0.2) is 48.5 Å². The Kier molecular flexibility index (Phi) is 7.28. The molecule has 3 rings (SSSR count). The molecule has 2 aromatic rings. The highest BCUT2D eigenvalue weighted by Gasteiger charge is 2.20. The van der Waals surface area contributed by atoms with Crippen molar-refractivity contribution in [3.8, 4) is 0 Å². The number of hydrogen-bond acceptors (Lipinski definition) is 2. The molecule has 0 aliphatic heterocycles. The van der Waals surface area contributed by atoms with Crippen molar-refractivity contribution in [2.24, 2.45) is 11.8 Å². The van der Waals surface area contributed by atoms with Crippen molar-refractivity contribution < 1.29 is 0 Å². The normalized spacial score (nSPS) is 20.2. The third-order valence-electron chi connectivity index (χ3n) is 5.73. The highest BCUT2D eigenvalue weighted by Crippen LogP contribution is 2.28. The van der Waals surface area contributed by atoms with Gasteiger partial charge >= 0.3 is 0 Å². The molecule has 0 heterocycles. The maximum absolute atomic E-state index is 3.66. The van der Waals surface area contributed by atoms with Crippen molar-refractivity contribution in [3.63, 3.8) is 0 Å². The number of rotatable bonds is 8. The van der Waals surface area contributed by atoms with Crippen molar-refractivity contribution in [1.29, 1.82) is 0 Å². The number of benzene rings is 2. The molecular weight excluding hydrogens is 316 g/mol. The molecule has 0 aromatic heterocycles. The van der Waals surface area contributed by atoms with Gasteiger partial charge in [0.2, 0.25) is 0 Å². The van der Waals surface area contributed by atoms with Gasteiger partial charge in [-0.3, -0.25) is 0 Å². The molecule has 0 amide bonds. The number of nitrogens with one attached hydrogen (secondary N) is 2. The topological polar surface area (TPSA) is 24.1 Å². The van der Waals surface area contributed by atoms with Gasteiger partial charge in [-0.25, -0.2) is 0 Å². The Labute approximate surface area is 159 Å². The zero-order valence-electron chi connectivity index (χ0n) is 16.4.